The van der Waals surface area contributed by atoms with Crippen LogP contribution in [-0.2, 0) is 9.59 Å². The van der Waals surface area contributed by atoms with Gasteiger partial charge in [-0.1, -0.05) is 6.92 Å². The fourth-order valence-corrected chi connectivity index (χ4v) is 4.93. The summed E-state index contributed by atoms with van der Waals surface area (Å²) in [6.07, 6.45) is 6.21. The van der Waals surface area contributed by atoms with Crippen molar-refractivity contribution in [2.75, 3.05) is 60.9 Å². The standard InChI is InChI=1S/C23H42N4O2/c1-7-9-27-16-18(13-23(29)26(8-2)11-10-24(3)4)12-19-15-22(28)20(14-21(19)27)17-25(5)6/h17-19,21H,7-16H2,1-6H3/t18-,19-,21-/m1/s1. The quantitative estimate of drug-likeness (QED) is 0.550. The van der Waals surface area contributed by atoms with Crippen LogP contribution in [0.25, 0.3) is 0 Å². The van der Waals surface area contributed by atoms with Crippen molar-refractivity contribution in [1.29, 1.82) is 0 Å². The third-order valence-electron chi connectivity index (χ3n) is 6.32. The minimum Gasteiger partial charge on any atom is -0.383 e. The molecule has 0 aromatic rings. The Morgan fingerprint density at radius 1 is 1.14 bits per heavy atom. The maximum atomic E-state index is 12.9. The van der Waals surface area contributed by atoms with Gasteiger partial charge in [-0.3, -0.25) is 14.5 Å². The van der Waals surface area contributed by atoms with E-state index in [1.165, 1.54) is 0 Å². The normalized spacial score (nSPS) is 26.7. The second-order valence-corrected chi connectivity index (χ2v) is 9.35. The molecule has 2 rings (SSSR count). The average molecular weight is 407 g/mol. The fraction of sp³-hybridized carbons (Fsp3) is 0.826. The first-order valence-electron chi connectivity index (χ1n) is 11.3. The molecule has 2 fully saturated rings. The maximum absolute atomic E-state index is 12.9. The highest BCUT2D eigenvalue weighted by atomic mass is 16.2. The van der Waals surface area contributed by atoms with E-state index in [0.717, 1.165) is 57.6 Å². The van der Waals surface area contributed by atoms with Crippen LogP contribution in [0.1, 0.15) is 46.0 Å². The van der Waals surface area contributed by atoms with Crippen molar-refractivity contribution in [2.45, 2.75) is 52.0 Å². The number of Topliss-reactive ketones (excluding diaryl/α,β-unsaturated/α-hetero) is 1. The van der Waals surface area contributed by atoms with Gasteiger partial charge in [0.1, 0.15) is 0 Å². The van der Waals surface area contributed by atoms with Crippen LogP contribution >= 0.6 is 0 Å². The summed E-state index contributed by atoms with van der Waals surface area (Å²) >= 11 is 0. The summed E-state index contributed by atoms with van der Waals surface area (Å²) in [6.45, 7) is 8.76. The van der Waals surface area contributed by atoms with Gasteiger partial charge in [0.2, 0.25) is 5.91 Å². The predicted octanol–water partition coefficient (Wildman–Crippen LogP) is 2.31. The van der Waals surface area contributed by atoms with Crippen LogP contribution in [0, 0.1) is 11.8 Å². The first kappa shape index (κ1) is 23.9. The molecule has 3 atom stereocenters. The predicted molar refractivity (Wildman–Crippen MR) is 119 cm³/mol. The molecule has 0 unspecified atom stereocenters. The molecule has 0 bridgehead atoms. The van der Waals surface area contributed by atoms with Gasteiger partial charge in [0.25, 0.3) is 0 Å². The Morgan fingerprint density at radius 3 is 2.45 bits per heavy atom. The Labute approximate surface area is 177 Å². The van der Waals surface area contributed by atoms with Crippen LogP contribution in [-0.4, -0.2) is 98.2 Å². The van der Waals surface area contributed by atoms with E-state index >= 15 is 0 Å². The number of likely N-dealkylation sites (N-methyl/N-ethyl adjacent to an activating group) is 2. The Morgan fingerprint density at radius 2 is 1.86 bits per heavy atom. The zero-order valence-electron chi connectivity index (χ0n) is 19.5. The minimum atomic E-state index is 0.268. The molecule has 6 nitrogen and oxygen atoms in total. The molecule has 0 aromatic heterocycles. The summed E-state index contributed by atoms with van der Waals surface area (Å²) in [5.74, 6) is 1.31. The van der Waals surface area contributed by atoms with Crippen LogP contribution in [0.2, 0.25) is 0 Å². The van der Waals surface area contributed by atoms with Gasteiger partial charge in [-0.05, 0) is 58.7 Å². The number of likely N-dealkylation sites (tertiary alicyclic amines) is 1. The lowest BCUT2D eigenvalue weighted by atomic mass is 9.72. The van der Waals surface area contributed by atoms with Crippen molar-refractivity contribution in [3.8, 4) is 0 Å². The molecule has 1 amide bonds. The summed E-state index contributed by atoms with van der Waals surface area (Å²) < 4.78 is 0. The van der Waals surface area contributed by atoms with Crippen LogP contribution < -0.4 is 0 Å². The third-order valence-corrected chi connectivity index (χ3v) is 6.32. The Hall–Kier alpha value is -1.40. The average Bonchev–Trinajstić information content (AvgIpc) is 2.63. The zero-order valence-corrected chi connectivity index (χ0v) is 19.5. The monoisotopic (exact) mass is 406 g/mol. The van der Waals surface area contributed by atoms with Gasteiger partial charge in [0, 0.05) is 70.9 Å². The Balaban J connectivity index is 2.05. The zero-order chi connectivity index (χ0) is 21.6. The summed E-state index contributed by atoms with van der Waals surface area (Å²) in [4.78, 5) is 34.3. The third kappa shape index (κ3) is 6.82. The highest BCUT2D eigenvalue weighted by Crippen LogP contribution is 2.39. The second-order valence-electron chi connectivity index (χ2n) is 9.35. The van der Waals surface area contributed by atoms with Gasteiger partial charge in [-0.25, -0.2) is 0 Å². The van der Waals surface area contributed by atoms with Crippen molar-refractivity contribution in [2.24, 2.45) is 11.8 Å². The highest BCUT2D eigenvalue weighted by molar-refractivity contribution is 5.96. The number of piperidine rings is 1. The molecular weight excluding hydrogens is 364 g/mol. The van der Waals surface area contributed by atoms with Crippen molar-refractivity contribution < 1.29 is 9.59 Å². The first-order valence-corrected chi connectivity index (χ1v) is 11.3. The number of hydrogen-bond acceptors (Lipinski definition) is 5. The second kappa shape index (κ2) is 11.1. The Bertz CT molecular complexity index is 587. The van der Waals surface area contributed by atoms with E-state index in [1.807, 2.05) is 44.2 Å². The summed E-state index contributed by atoms with van der Waals surface area (Å²) in [5, 5.41) is 0. The number of fused-ring (bicyclic) bond motifs is 1. The van der Waals surface area contributed by atoms with Gasteiger partial charge >= 0.3 is 0 Å². The van der Waals surface area contributed by atoms with E-state index in [2.05, 4.69) is 23.6 Å². The lowest BCUT2D eigenvalue weighted by Gasteiger charge is -2.47. The summed E-state index contributed by atoms with van der Waals surface area (Å²) in [7, 11) is 8.05. The van der Waals surface area contributed by atoms with E-state index in [9.17, 15) is 9.59 Å². The first-order chi connectivity index (χ1) is 13.7. The molecule has 1 heterocycles. The molecule has 0 aromatic carbocycles. The molecule has 0 spiro atoms. The van der Waals surface area contributed by atoms with Crippen molar-refractivity contribution in [3.05, 3.63) is 11.8 Å². The molecule has 1 saturated carbocycles. The van der Waals surface area contributed by atoms with Gasteiger partial charge in [-0.15, -0.1) is 0 Å². The summed E-state index contributed by atoms with van der Waals surface area (Å²) in [6, 6.07) is 0.446. The molecule has 1 aliphatic heterocycles. The molecule has 0 N–H and O–H groups in total. The number of amides is 1. The fourth-order valence-electron chi connectivity index (χ4n) is 4.93. The molecule has 1 aliphatic carbocycles. The van der Waals surface area contributed by atoms with Gasteiger partial charge in [0.05, 0.1) is 0 Å². The summed E-state index contributed by atoms with van der Waals surface area (Å²) in [5.41, 5.74) is 0.965. The maximum Gasteiger partial charge on any atom is 0.222 e. The van der Waals surface area contributed by atoms with E-state index in [-0.39, 0.29) is 5.91 Å². The van der Waals surface area contributed by atoms with Crippen LogP contribution in [0.15, 0.2) is 11.8 Å². The molecule has 2 aliphatic rings. The lowest BCUT2D eigenvalue weighted by Crippen LogP contribution is -2.52. The van der Waals surface area contributed by atoms with Crippen molar-refractivity contribution in [1.82, 2.24) is 19.6 Å². The lowest BCUT2D eigenvalue weighted by molar-refractivity contribution is -0.133. The molecule has 1 saturated heterocycles. The number of carbonyl (C=O) groups excluding carboxylic acids is 2. The van der Waals surface area contributed by atoms with Crippen LogP contribution in [0.5, 0.6) is 0 Å². The number of rotatable bonds is 9. The molecular formula is C23H42N4O2. The smallest absolute Gasteiger partial charge is 0.222 e. The molecule has 166 valence electrons. The van der Waals surface area contributed by atoms with Gasteiger partial charge < -0.3 is 14.7 Å². The SMILES string of the molecule is CCCN1C[C@@H](CC(=O)N(CC)CCN(C)C)C[C@@H]2CC(=O)C(=CN(C)C)C[C@H]21. The number of carbonyl (C=O) groups is 2. The minimum absolute atomic E-state index is 0.268. The largest absolute Gasteiger partial charge is 0.383 e. The van der Waals surface area contributed by atoms with Crippen molar-refractivity contribution >= 4 is 11.7 Å². The van der Waals surface area contributed by atoms with Gasteiger partial charge in [-0.2, -0.15) is 0 Å². The van der Waals surface area contributed by atoms with E-state index in [1.54, 1.807) is 0 Å². The number of nitrogens with zero attached hydrogens (tertiary/aromatic N) is 4. The topological polar surface area (TPSA) is 47.1 Å². The number of ketones is 1. The molecule has 0 radical (unpaired) electrons. The molecule has 6 heteroatoms. The van der Waals surface area contributed by atoms with Crippen LogP contribution in [0.3, 0.4) is 0 Å². The molecule has 29 heavy (non-hydrogen) atoms. The Kier molecular flexibility index (Phi) is 9.15. The highest BCUT2D eigenvalue weighted by Gasteiger charge is 2.41. The van der Waals surface area contributed by atoms with Crippen LogP contribution in [0.4, 0.5) is 0 Å². The van der Waals surface area contributed by atoms with Gasteiger partial charge in [0.15, 0.2) is 5.78 Å². The van der Waals surface area contributed by atoms with E-state index in [4.69, 9.17) is 0 Å². The number of hydrogen-bond donors (Lipinski definition) is 0. The van der Waals surface area contributed by atoms with E-state index in [0.29, 0.717) is 36.5 Å². The van der Waals surface area contributed by atoms with Crippen molar-refractivity contribution in [3.63, 3.8) is 0 Å². The van der Waals surface area contributed by atoms with E-state index < -0.39 is 0 Å².